The molecule has 1 aliphatic rings. The quantitative estimate of drug-likeness (QED) is 0.454. The fourth-order valence-corrected chi connectivity index (χ4v) is 2.05. The molecule has 1 aromatic rings. The van der Waals surface area contributed by atoms with Gasteiger partial charge in [0.05, 0.1) is 4.92 Å². The van der Waals surface area contributed by atoms with E-state index < -0.39 is 4.92 Å². The van der Waals surface area contributed by atoms with Crippen LogP contribution >= 0.6 is 35.6 Å². The molecular formula is C12H16ClIN4O2. The summed E-state index contributed by atoms with van der Waals surface area (Å²) in [5, 5.41) is 17.6. The Morgan fingerprint density at radius 1 is 1.50 bits per heavy atom. The zero-order valence-electron chi connectivity index (χ0n) is 10.8. The van der Waals surface area contributed by atoms with E-state index in [9.17, 15) is 10.1 Å². The average Bonchev–Trinajstić information content (AvgIpc) is 2.41. The van der Waals surface area contributed by atoms with E-state index >= 15 is 0 Å². The molecule has 0 spiro atoms. The third kappa shape index (κ3) is 4.78. The van der Waals surface area contributed by atoms with Crippen molar-refractivity contribution in [1.82, 2.24) is 10.6 Å². The van der Waals surface area contributed by atoms with Gasteiger partial charge in [0.15, 0.2) is 5.96 Å². The predicted molar refractivity (Wildman–Crippen MR) is 90.1 cm³/mol. The molecule has 0 fully saturated rings. The average molecular weight is 411 g/mol. The molecule has 0 aromatic heterocycles. The van der Waals surface area contributed by atoms with Gasteiger partial charge in [-0.1, -0.05) is 17.7 Å². The molecule has 0 amide bonds. The number of nitrogens with one attached hydrogen (secondary N) is 2. The Hall–Kier alpha value is -1.09. The highest BCUT2D eigenvalue weighted by atomic mass is 127. The first-order valence-corrected chi connectivity index (χ1v) is 6.49. The van der Waals surface area contributed by atoms with Crippen LogP contribution in [0.15, 0.2) is 23.2 Å². The van der Waals surface area contributed by atoms with Gasteiger partial charge in [-0.05, 0) is 18.9 Å². The SMILES string of the molecule is I.O=[N+]([O-])c1cc(Cl)ccc1CCNC1=NCCCN1. The summed E-state index contributed by atoms with van der Waals surface area (Å²) in [6.45, 7) is 2.32. The normalized spacial score (nSPS) is 13.8. The number of hydrogen-bond donors (Lipinski definition) is 2. The lowest BCUT2D eigenvalue weighted by atomic mass is 10.1. The third-order valence-electron chi connectivity index (χ3n) is 2.83. The fraction of sp³-hybridized carbons (Fsp3) is 0.417. The Balaban J connectivity index is 0.00000200. The summed E-state index contributed by atoms with van der Waals surface area (Å²) in [6.07, 6.45) is 1.59. The maximum atomic E-state index is 10.9. The smallest absolute Gasteiger partial charge is 0.274 e. The van der Waals surface area contributed by atoms with Gasteiger partial charge in [-0.2, -0.15) is 0 Å². The number of halogens is 2. The zero-order chi connectivity index (χ0) is 13.7. The first-order chi connectivity index (χ1) is 9.16. The van der Waals surface area contributed by atoms with Crippen LogP contribution in [0.2, 0.25) is 5.02 Å². The minimum atomic E-state index is -0.405. The molecule has 0 radical (unpaired) electrons. The molecule has 0 saturated heterocycles. The van der Waals surface area contributed by atoms with Crippen LogP contribution in [0.3, 0.4) is 0 Å². The molecule has 0 saturated carbocycles. The van der Waals surface area contributed by atoms with E-state index in [1.165, 1.54) is 6.07 Å². The summed E-state index contributed by atoms with van der Waals surface area (Å²) >= 11 is 5.77. The number of nitro benzene ring substituents is 1. The number of nitrogens with zero attached hydrogens (tertiary/aromatic N) is 2. The van der Waals surface area contributed by atoms with Gasteiger partial charge >= 0.3 is 0 Å². The molecule has 110 valence electrons. The van der Waals surface area contributed by atoms with Crippen LogP contribution in [0.5, 0.6) is 0 Å². The van der Waals surface area contributed by atoms with E-state index in [4.69, 9.17) is 11.6 Å². The van der Waals surface area contributed by atoms with Crippen LogP contribution < -0.4 is 10.6 Å². The topological polar surface area (TPSA) is 79.6 Å². The Bertz CT molecular complexity index is 510. The van der Waals surface area contributed by atoms with E-state index in [2.05, 4.69) is 15.6 Å². The molecule has 8 heteroatoms. The number of aliphatic imine (C=N–C) groups is 1. The van der Waals surface area contributed by atoms with Gasteiger partial charge in [-0.3, -0.25) is 15.1 Å². The molecular weight excluding hydrogens is 395 g/mol. The summed E-state index contributed by atoms with van der Waals surface area (Å²) in [7, 11) is 0. The molecule has 0 bridgehead atoms. The van der Waals surface area contributed by atoms with Crippen molar-refractivity contribution in [3.05, 3.63) is 38.9 Å². The van der Waals surface area contributed by atoms with E-state index in [0.29, 0.717) is 23.6 Å². The van der Waals surface area contributed by atoms with Gasteiger partial charge < -0.3 is 10.6 Å². The number of nitro groups is 1. The molecule has 0 aliphatic carbocycles. The minimum absolute atomic E-state index is 0. The molecule has 2 N–H and O–H groups in total. The predicted octanol–water partition coefficient (Wildman–Crippen LogP) is 2.35. The molecule has 2 rings (SSSR count). The van der Waals surface area contributed by atoms with E-state index in [1.54, 1.807) is 12.1 Å². The van der Waals surface area contributed by atoms with Crippen molar-refractivity contribution in [2.75, 3.05) is 19.6 Å². The largest absolute Gasteiger partial charge is 0.356 e. The Morgan fingerprint density at radius 2 is 2.30 bits per heavy atom. The number of guanidine groups is 1. The van der Waals surface area contributed by atoms with Crippen molar-refractivity contribution >= 4 is 47.2 Å². The van der Waals surface area contributed by atoms with Gasteiger partial charge in [0.2, 0.25) is 0 Å². The van der Waals surface area contributed by atoms with Crippen molar-refractivity contribution in [2.24, 2.45) is 4.99 Å². The van der Waals surface area contributed by atoms with Gasteiger partial charge in [-0.15, -0.1) is 24.0 Å². The second kappa shape index (κ2) is 8.25. The highest BCUT2D eigenvalue weighted by Gasteiger charge is 2.14. The van der Waals surface area contributed by atoms with Gasteiger partial charge in [-0.25, -0.2) is 0 Å². The van der Waals surface area contributed by atoms with Gasteiger partial charge in [0, 0.05) is 36.3 Å². The molecule has 0 atom stereocenters. The highest BCUT2D eigenvalue weighted by Crippen LogP contribution is 2.23. The van der Waals surface area contributed by atoms with Crippen molar-refractivity contribution in [2.45, 2.75) is 12.8 Å². The molecule has 1 heterocycles. The van der Waals surface area contributed by atoms with Crippen LogP contribution in [0.4, 0.5) is 5.69 Å². The highest BCUT2D eigenvalue weighted by molar-refractivity contribution is 14.0. The lowest BCUT2D eigenvalue weighted by Gasteiger charge is -2.15. The number of rotatable bonds is 4. The lowest BCUT2D eigenvalue weighted by Crippen LogP contribution is -2.41. The van der Waals surface area contributed by atoms with Crippen molar-refractivity contribution < 1.29 is 4.92 Å². The first-order valence-electron chi connectivity index (χ1n) is 6.12. The van der Waals surface area contributed by atoms with Crippen LogP contribution in [-0.2, 0) is 6.42 Å². The minimum Gasteiger partial charge on any atom is -0.356 e. The zero-order valence-corrected chi connectivity index (χ0v) is 13.9. The molecule has 0 unspecified atom stereocenters. The van der Waals surface area contributed by atoms with E-state index in [0.717, 1.165) is 25.5 Å². The van der Waals surface area contributed by atoms with E-state index in [-0.39, 0.29) is 29.7 Å². The van der Waals surface area contributed by atoms with Crippen molar-refractivity contribution in [3.63, 3.8) is 0 Å². The molecule has 1 aromatic carbocycles. The summed E-state index contributed by atoms with van der Waals surface area (Å²) in [5.41, 5.74) is 0.728. The molecule has 6 nitrogen and oxygen atoms in total. The van der Waals surface area contributed by atoms with Crippen LogP contribution in [0, 0.1) is 10.1 Å². The van der Waals surface area contributed by atoms with Gasteiger partial charge in [0.1, 0.15) is 0 Å². The van der Waals surface area contributed by atoms with Crippen LogP contribution in [0.1, 0.15) is 12.0 Å². The summed E-state index contributed by atoms with van der Waals surface area (Å²) < 4.78 is 0. The van der Waals surface area contributed by atoms with Crippen LogP contribution in [0.25, 0.3) is 0 Å². The second-order valence-corrected chi connectivity index (χ2v) is 4.65. The maximum absolute atomic E-state index is 10.9. The molecule has 20 heavy (non-hydrogen) atoms. The summed E-state index contributed by atoms with van der Waals surface area (Å²) in [4.78, 5) is 14.8. The standard InChI is InChI=1S/C12H15ClN4O2.HI/c13-10-3-2-9(11(8-10)17(18)19)4-7-16-12-14-5-1-6-15-12;/h2-3,8H,1,4-7H2,(H2,14,15,16);1H. The van der Waals surface area contributed by atoms with Crippen molar-refractivity contribution in [1.29, 1.82) is 0 Å². The first kappa shape index (κ1) is 17.0. The number of hydrogen-bond acceptors (Lipinski definition) is 5. The summed E-state index contributed by atoms with van der Waals surface area (Å²) in [5.74, 6) is 0.767. The number of benzene rings is 1. The second-order valence-electron chi connectivity index (χ2n) is 4.22. The third-order valence-corrected chi connectivity index (χ3v) is 3.06. The van der Waals surface area contributed by atoms with Crippen molar-refractivity contribution in [3.8, 4) is 0 Å². The fourth-order valence-electron chi connectivity index (χ4n) is 1.88. The summed E-state index contributed by atoms with van der Waals surface area (Å²) in [6, 6.07) is 4.74. The van der Waals surface area contributed by atoms with E-state index in [1.807, 2.05) is 0 Å². The Morgan fingerprint density at radius 3 is 2.95 bits per heavy atom. The molecule has 1 aliphatic heterocycles. The maximum Gasteiger partial charge on any atom is 0.274 e. The Labute approximate surface area is 139 Å². The van der Waals surface area contributed by atoms with Gasteiger partial charge in [0.25, 0.3) is 5.69 Å². The Kier molecular flexibility index (Phi) is 7.00. The van der Waals surface area contributed by atoms with Crippen LogP contribution in [-0.4, -0.2) is 30.5 Å². The monoisotopic (exact) mass is 410 g/mol. The lowest BCUT2D eigenvalue weighted by molar-refractivity contribution is -0.385.